The highest BCUT2D eigenvalue weighted by Gasteiger charge is 2.59. The number of hydrogen-bond acceptors (Lipinski definition) is 1. The topological polar surface area (TPSA) is 3.24 Å². The number of rotatable bonds is 0. The first-order valence-electron chi connectivity index (χ1n) is 4.06. The number of likely N-dealkylation sites (tertiary alicyclic amines) is 1. The van der Waals surface area contributed by atoms with Crippen LogP contribution in [0.3, 0.4) is 0 Å². The third-order valence-corrected chi connectivity index (χ3v) is 3.77. The zero-order valence-electron chi connectivity index (χ0n) is 5.88. The lowest BCUT2D eigenvalue weighted by atomic mass is 9.53. The Bertz CT molecular complexity index is 151. The molecule has 9 heavy (non-hydrogen) atoms. The molecule has 2 saturated carbocycles. The first-order chi connectivity index (χ1) is 4.36. The molecule has 2 aliphatic carbocycles. The predicted molar refractivity (Wildman–Crippen MR) is 36.1 cm³/mol. The second kappa shape index (κ2) is 1.20. The van der Waals surface area contributed by atoms with Crippen molar-refractivity contribution in [2.75, 3.05) is 13.6 Å². The van der Waals surface area contributed by atoms with E-state index in [2.05, 4.69) is 11.9 Å². The number of nitrogens with zero attached hydrogens (tertiary/aromatic N) is 1. The molecule has 0 spiro atoms. The molecule has 1 saturated heterocycles. The Hall–Kier alpha value is -0.0400. The van der Waals surface area contributed by atoms with E-state index in [1.54, 1.807) is 6.42 Å². The zero-order valence-corrected chi connectivity index (χ0v) is 5.88. The molecule has 1 unspecified atom stereocenters. The van der Waals surface area contributed by atoms with E-state index in [9.17, 15) is 0 Å². The van der Waals surface area contributed by atoms with Crippen molar-refractivity contribution in [1.29, 1.82) is 0 Å². The van der Waals surface area contributed by atoms with Gasteiger partial charge in [0.2, 0.25) is 0 Å². The van der Waals surface area contributed by atoms with Gasteiger partial charge in [0.15, 0.2) is 0 Å². The van der Waals surface area contributed by atoms with Crippen LogP contribution in [-0.4, -0.2) is 24.5 Å². The summed E-state index contributed by atoms with van der Waals surface area (Å²) in [6.45, 7) is 1.41. The van der Waals surface area contributed by atoms with Crippen molar-refractivity contribution >= 4 is 0 Å². The van der Waals surface area contributed by atoms with Gasteiger partial charge in [-0.25, -0.2) is 0 Å². The van der Waals surface area contributed by atoms with Gasteiger partial charge in [0, 0.05) is 12.6 Å². The normalized spacial score (nSPS) is 62.3. The van der Waals surface area contributed by atoms with E-state index in [1.165, 1.54) is 18.9 Å². The minimum absolute atomic E-state index is 1.02. The van der Waals surface area contributed by atoms with Gasteiger partial charge in [-0.2, -0.15) is 0 Å². The van der Waals surface area contributed by atoms with Crippen LogP contribution < -0.4 is 0 Å². The fourth-order valence-electron chi connectivity index (χ4n) is 3.22. The fourth-order valence-corrected chi connectivity index (χ4v) is 3.22. The van der Waals surface area contributed by atoms with Crippen LogP contribution in [0, 0.1) is 17.8 Å². The maximum atomic E-state index is 2.57. The monoisotopic (exact) mass is 123 g/mol. The van der Waals surface area contributed by atoms with Crippen LogP contribution in [0.1, 0.15) is 12.8 Å². The molecule has 4 atom stereocenters. The Balaban J connectivity index is 1.93. The molecule has 0 aromatic carbocycles. The molecule has 0 bridgehead atoms. The van der Waals surface area contributed by atoms with Crippen molar-refractivity contribution in [2.24, 2.45) is 17.8 Å². The molecule has 0 amide bonds. The van der Waals surface area contributed by atoms with Crippen LogP contribution in [0.5, 0.6) is 0 Å². The highest BCUT2D eigenvalue weighted by molar-refractivity contribution is 5.11. The van der Waals surface area contributed by atoms with Crippen LogP contribution in [-0.2, 0) is 0 Å². The minimum Gasteiger partial charge on any atom is -0.303 e. The second-order valence-electron chi connectivity index (χ2n) is 4.08. The molecule has 0 aromatic heterocycles. The highest BCUT2D eigenvalue weighted by Crippen LogP contribution is 2.60. The first kappa shape index (κ1) is 4.73. The minimum atomic E-state index is 1.02. The van der Waals surface area contributed by atoms with Crippen molar-refractivity contribution in [3.05, 3.63) is 0 Å². The summed E-state index contributed by atoms with van der Waals surface area (Å²) >= 11 is 0. The van der Waals surface area contributed by atoms with E-state index in [4.69, 9.17) is 0 Å². The summed E-state index contributed by atoms with van der Waals surface area (Å²) in [5.74, 6) is 3.46. The van der Waals surface area contributed by atoms with Crippen LogP contribution in [0.25, 0.3) is 0 Å². The quantitative estimate of drug-likeness (QED) is 0.463. The van der Waals surface area contributed by atoms with Gasteiger partial charge in [-0.3, -0.25) is 0 Å². The van der Waals surface area contributed by atoms with Gasteiger partial charge in [0.05, 0.1) is 0 Å². The fraction of sp³-hybridized carbons (Fsp3) is 1.00. The molecule has 3 rings (SSSR count). The SMILES string of the molecule is CN1C[C@H]2CC3C[C@@H]1[C@H]32. The summed E-state index contributed by atoms with van der Waals surface area (Å²) < 4.78 is 0. The molecule has 50 valence electrons. The molecule has 1 heterocycles. The van der Waals surface area contributed by atoms with E-state index < -0.39 is 0 Å². The van der Waals surface area contributed by atoms with E-state index in [0.29, 0.717) is 0 Å². The molecule has 3 aliphatic rings. The van der Waals surface area contributed by atoms with Gasteiger partial charge in [0.25, 0.3) is 0 Å². The summed E-state index contributed by atoms with van der Waals surface area (Å²) in [6, 6.07) is 1.02. The van der Waals surface area contributed by atoms with Gasteiger partial charge < -0.3 is 4.90 Å². The van der Waals surface area contributed by atoms with Gasteiger partial charge in [-0.15, -0.1) is 0 Å². The van der Waals surface area contributed by atoms with Crippen LogP contribution in [0.4, 0.5) is 0 Å². The van der Waals surface area contributed by atoms with Crippen molar-refractivity contribution in [3.63, 3.8) is 0 Å². The van der Waals surface area contributed by atoms with E-state index in [0.717, 1.165) is 17.9 Å². The Morgan fingerprint density at radius 1 is 1.22 bits per heavy atom. The molecule has 1 nitrogen and oxygen atoms in total. The van der Waals surface area contributed by atoms with Crippen LogP contribution >= 0.6 is 0 Å². The van der Waals surface area contributed by atoms with Gasteiger partial charge in [0.1, 0.15) is 0 Å². The molecule has 1 heteroatoms. The van der Waals surface area contributed by atoms with Gasteiger partial charge >= 0.3 is 0 Å². The van der Waals surface area contributed by atoms with Gasteiger partial charge in [-0.1, -0.05) is 0 Å². The van der Waals surface area contributed by atoms with Gasteiger partial charge in [-0.05, 0) is 37.6 Å². The third-order valence-electron chi connectivity index (χ3n) is 3.77. The smallest absolute Gasteiger partial charge is 0.0129 e. The van der Waals surface area contributed by atoms with Crippen molar-refractivity contribution in [2.45, 2.75) is 18.9 Å². The van der Waals surface area contributed by atoms with Crippen molar-refractivity contribution in [1.82, 2.24) is 4.90 Å². The lowest BCUT2D eigenvalue weighted by Gasteiger charge is -2.53. The largest absolute Gasteiger partial charge is 0.303 e. The maximum Gasteiger partial charge on any atom is 0.0129 e. The summed E-state index contributed by atoms with van der Waals surface area (Å²) in [5, 5.41) is 0. The molecule has 0 radical (unpaired) electrons. The standard InChI is InChI=1S/C8H13N/c1-9-4-6-2-5-3-7(9)8(5)6/h5-8H,2-4H2,1H3/t5?,6-,7-,8-/m1/s1. The average Bonchev–Trinajstić information content (AvgIpc) is 2.01. The molecular weight excluding hydrogens is 110 g/mol. The Morgan fingerprint density at radius 2 is 2.11 bits per heavy atom. The first-order valence-corrected chi connectivity index (χ1v) is 4.06. The van der Waals surface area contributed by atoms with E-state index in [1.807, 2.05) is 0 Å². The molecule has 3 fully saturated rings. The molecular formula is C8H13N. The van der Waals surface area contributed by atoms with E-state index in [-0.39, 0.29) is 0 Å². The Labute approximate surface area is 56.0 Å². The van der Waals surface area contributed by atoms with Crippen molar-refractivity contribution < 1.29 is 0 Å². The zero-order chi connectivity index (χ0) is 6.01. The predicted octanol–water partition coefficient (Wildman–Crippen LogP) is 0.956. The Morgan fingerprint density at radius 3 is 2.67 bits per heavy atom. The van der Waals surface area contributed by atoms with Crippen LogP contribution in [0.2, 0.25) is 0 Å². The van der Waals surface area contributed by atoms with Crippen LogP contribution in [0.15, 0.2) is 0 Å². The number of hydrogen-bond donors (Lipinski definition) is 0. The maximum absolute atomic E-state index is 2.57. The molecule has 1 aliphatic heterocycles. The summed E-state index contributed by atoms with van der Waals surface area (Å²) in [5.41, 5.74) is 0. The lowest BCUT2D eigenvalue weighted by molar-refractivity contribution is -0.0196. The van der Waals surface area contributed by atoms with Crippen molar-refractivity contribution in [3.8, 4) is 0 Å². The summed E-state index contributed by atoms with van der Waals surface area (Å²) in [6.07, 6.45) is 3.09. The highest BCUT2D eigenvalue weighted by atomic mass is 15.2. The average molecular weight is 123 g/mol. The Kier molecular flexibility index (Phi) is 0.628. The third kappa shape index (κ3) is 0.362. The van der Waals surface area contributed by atoms with E-state index >= 15 is 0 Å². The summed E-state index contributed by atoms with van der Waals surface area (Å²) in [7, 11) is 2.29. The lowest BCUT2D eigenvalue weighted by Crippen LogP contribution is -2.52. The summed E-state index contributed by atoms with van der Waals surface area (Å²) in [4.78, 5) is 2.57. The molecule has 0 aromatic rings. The molecule has 0 N–H and O–H groups in total. The second-order valence-corrected chi connectivity index (χ2v) is 4.08.